The number of fused-ring (bicyclic) bond motifs is 1. The Balaban J connectivity index is 1.09. The van der Waals surface area contributed by atoms with Crippen LogP contribution in [0.25, 0.3) is 0 Å². The lowest BCUT2D eigenvalue weighted by molar-refractivity contribution is -0.143. The average Bonchev–Trinajstić information content (AvgIpc) is 3.26. The van der Waals surface area contributed by atoms with Crippen molar-refractivity contribution in [1.29, 1.82) is 0 Å². The molecule has 0 radical (unpaired) electrons. The van der Waals surface area contributed by atoms with Gasteiger partial charge in [0.15, 0.2) is 6.10 Å². The first-order valence-electron chi connectivity index (χ1n) is 17.0. The smallest absolute Gasteiger partial charge is 0.416 e. The van der Waals surface area contributed by atoms with Gasteiger partial charge in [0.05, 0.1) is 5.56 Å². The van der Waals surface area contributed by atoms with E-state index in [9.17, 15) is 27.6 Å². The summed E-state index contributed by atoms with van der Waals surface area (Å²) in [7, 11) is 2.12. The summed E-state index contributed by atoms with van der Waals surface area (Å²) in [5.74, 6) is -0.389. The highest BCUT2D eigenvalue weighted by Gasteiger charge is 2.37. The lowest BCUT2D eigenvalue weighted by Gasteiger charge is -2.42. The van der Waals surface area contributed by atoms with Crippen LogP contribution < -0.4 is 5.32 Å². The number of benzene rings is 2. The number of likely N-dealkylation sites (tertiary alicyclic amines) is 2. The van der Waals surface area contributed by atoms with E-state index in [2.05, 4.69) is 22.2 Å². The van der Waals surface area contributed by atoms with Gasteiger partial charge in [-0.15, -0.1) is 0 Å². The molecule has 0 aliphatic carbocycles. The number of amides is 4. The van der Waals surface area contributed by atoms with Gasteiger partial charge in [-0.2, -0.15) is 13.2 Å². The highest BCUT2D eigenvalue weighted by atomic mass is 19.4. The molecule has 3 fully saturated rings. The number of nitrogens with zero attached hydrogens (tertiary/aromatic N) is 5. The van der Waals surface area contributed by atoms with Crippen LogP contribution >= 0.6 is 0 Å². The van der Waals surface area contributed by atoms with Crippen molar-refractivity contribution in [2.75, 3.05) is 71.3 Å². The number of rotatable bonds is 6. The molecule has 1 N–H and O–H groups in total. The molecule has 2 aromatic rings. The number of hydrogen-bond acceptors (Lipinski definition) is 6. The van der Waals surface area contributed by atoms with Crippen LogP contribution in [0.5, 0.6) is 0 Å². The van der Waals surface area contributed by atoms with Gasteiger partial charge in [0.25, 0.3) is 5.91 Å². The number of hydrogen-bond donors (Lipinski definition) is 1. The summed E-state index contributed by atoms with van der Waals surface area (Å²) < 4.78 is 46.4. The Morgan fingerprint density at radius 1 is 0.854 bits per heavy atom. The molecule has 6 rings (SSSR count). The third kappa shape index (κ3) is 8.06. The van der Waals surface area contributed by atoms with E-state index in [4.69, 9.17) is 4.74 Å². The second kappa shape index (κ2) is 14.7. The maximum Gasteiger partial charge on any atom is 0.416 e. The zero-order chi connectivity index (χ0) is 33.8. The first kappa shape index (κ1) is 34.0. The molecule has 13 heteroatoms. The van der Waals surface area contributed by atoms with Gasteiger partial charge >= 0.3 is 18.3 Å². The molecule has 4 aliphatic heterocycles. The fourth-order valence-electron chi connectivity index (χ4n) is 7.43. The molecule has 2 aromatic carbocycles. The van der Waals surface area contributed by atoms with E-state index >= 15 is 0 Å². The van der Waals surface area contributed by atoms with Crippen molar-refractivity contribution in [3.63, 3.8) is 0 Å². The zero-order valence-corrected chi connectivity index (χ0v) is 27.5. The van der Waals surface area contributed by atoms with Crippen LogP contribution in [0.4, 0.5) is 28.4 Å². The van der Waals surface area contributed by atoms with Gasteiger partial charge < -0.3 is 29.7 Å². The van der Waals surface area contributed by atoms with E-state index in [1.807, 2.05) is 29.2 Å². The number of halogens is 3. The van der Waals surface area contributed by atoms with Crippen molar-refractivity contribution in [2.45, 2.75) is 62.9 Å². The van der Waals surface area contributed by atoms with E-state index < -0.39 is 23.9 Å². The van der Waals surface area contributed by atoms with Gasteiger partial charge in [-0.25, -0.2) is 9.59 Å². The Morgan fingerprint density at radius 3 is 2.25 bits per heavy atom. The van der Waals surface area contributed by atoms with Gasteiger partial charge in [-0.3, -0.25) is 9.69 Å². The second-order valence-corrected chi connectivity index (χ2v) is 13.4. The molecule has 4 amide bonds. The summed E-state index contributed by atoms with van der Waals surface area (Å²) in [6.07, 6.45) is -2.65. The standard InChI is InChI=1S/C35H45F3N6O4/c1-40-14-10-28(11-15-40)41-19-21-42(22-20-41)32(45)31(24-25-5-4-7-27(23-25)35(36,37)38)48-34(47)43-16-12-29(13-17-43)44-18-9-26-6-2-3-8-30(26)39-33(44)46/h2-8,23,28-29,31H,9-22,24H2,1H3,(H,39,46)/t31-/m1/s1. The SMILES string of the molecule is CN1CCC(N2CCN(C(=O)[C@@H](Cc3cccc(C(F)(F)F)c3)OC(=O)N3CCC(N4CCc5ccccc5NC4=O)CC3)CC2)CC1. The number of ether oxygens (including phenoxy) is 1. The molecular weight excluding hydrogens is 625 g/mol. The lowest BCUT2D eigenvalue weighted by Crippen LogP contribution is -2.56. The molecule has 0 bridgehead atoms. The number of piperazine rings is 1. The van der Waals surface area contributed by atoms with Gasteiger partial charge in [0.2, 0.25) is 0 Å². The monoisotopic (exact) mass is 670 g/mol. The number of urea groups is 1. The van der Waals surface area contributed by atoms with Crippen LogP contribution in [0, 0.1) is 0 Å². The summed E-state index contributed by atoms with van der Waals surface area (Å²) in [5, 5.41) is 3.00. The van der Waals surface area contributed by atoms with Crippen molar-refractivity contribution in [3.8, 4) is 0 Å². The number of para-hydroxylation sites is 1. The molecule has 3 saturated heterocycles. The minimum Gasteiger partial charge on any atom is -0.436 e. The highest BCUT2D eigenvalue weighted by Crippen LogP contribution is 2.30. The third-order valence-corrected chi connectivity index (χ3v) is 10.3. The Hall–Kier alpha value is -3.84. The molecule has 0 unspecified atom stereocenters. The van der Waals surface area contributed by atoms with E-state index in [0.29, 0.717) is 64.7 Å². The van der Waals surface area contributed by atoms with Crippen molar-refractivity contribution >= 4 is 23.7 Å². The Kier molecular flexibility index (Phi) is 10.4. The van der Waals surface area contributed by atoms with Gasteiger partial charge in [-0.05, 0) is 75.5 Å². The van der Waals surface area contributed by atoms with E-state index in [1.54, 1.807) is 4.90 Å². The predicted molar refractivity (Wildman–Crippen MR) is 175 cm³/mol. The van der Waals surface area contributed by atoms with E-state index in [-0.39, 0.29) is 30.0 Å². The van der Waals surface area contributed by atoms with Gasteiger partial charge in [-0.1, -0.05) is 36.4 Å². The molecule has 48 heavy (non-hydrogen) atoms. The first-order valence-corrected chi connectivity index (χ1v) is 17.0. The minimum absolute atomic E-state index is 0.0632. The number of piperidine rings is 2. The summed E-state index contributed by atoms with van der Waals surface area (Å²) in [4.78, 5) is 50.2. The molecule has 1 atom stereocenters. The molecule has 0 spiro atoms. The van der Waals surface area contributed by atoms with Crippen LogP contribution in [0.2, 0.25) is 0 Å². The van der Waals surface area contributed by atoms with Crippen molar-refractivity contribution in [1.82, 2.24) is 24.5 Å². The highest BCUT2D eigenvalue weighted by molar-refractivity contribution is 5.91. The maximum absolute atomic E-state index is 13.9. The lowest BCUT2D eigenvalue weighted by atomic mass is 10.0. The number of nitrogens with one attached hydrogen (secondary N) is 1. The van der Waals surface area contributed by atoms with Gasteiger partial charge in [0, 0.05) is 70.0 Å². The van der Waals surface area contributed by atoms with Crippen molar-refractivity contribution in [2.24, 2.45) is 0 Å². The van der Waals surface area contributed by atoms with E-state index in [1.165, 1.54) is 17.0 Å². The summed E-state index contributed by atoms with van der Waals surface area (Å²) >= 11 is 0. The van der Waals surface area contributed by atoms with Crippen molar-refractivity contribution in [3.05, 3.63) is 65.2 Å². The molecule has 0 aromatic heterocycles. The normalized spacial score (nSPS) is 21.3. The number of carbonyl (C=O) groups excluding carboxylic acids is 3. The molecule has 4 aliphatic rings. The summed E-state index contributed by atoms with van der Waals surface area (Å²) in [6, 6.07) is 12.8. The Morgan fingerprint density at radius 2 is 1.54 bits per heavy atom. The van der Waals surface area contributed by atoms with Crippen LogP contribution in [0.3, 0.4) is 0 Å². The topological polar surface area (TPSA) is 88.7 Å². The zero-order valence-electron chi connectivity index (χ0n) is 27.5. The average molecular weight is 671 g/mol. The maximum atomic E-state index is 13.9. The molecule has 10 nitrogen and oxygen atoms in total. The van der Waals surface area contributed by atoms with Crippen LogP contribution in [0.1, 0.15) is 42.4 Å². The first-order chi connectivity index (χ1) is 23.0. The third-order valence-electron chi connectivity index (χ3n) is 10.3. The molecular formula is C35H45F3N6O4. The fourth-order valence-corrected chi connectivity index (χ4v) is 7.43. The van der Waals surface area contributed by atoms with Crippen LogP contribution in [0.15, 0.2) is 48.5 Å². The largest absolute Gasteiger partial charge is 0.436 e. The Labute approximate surface area is 279 Å². The Bertz CT molecular complexity index is 1450. The quantitative estimate of drug-likeness (QED) is 0.486. The van der Waals surface area contributed by atoms with E-state index in [0.717, 1.165) is 55.7 Å². The van der Waals surface area contributed by atoms with Crippen LogP contribution in [-0.2, 0) is 28.5 Å². The summed E-state index contributed by atoms with van der Waals surface area (Å²) in [6.45, 7) is 5.64. The number of carbonyl (C=O) groups is 3. The number of alkyl halides is 3. The summed E-state index contributed by atoms with van der Waals surface area (Å²) in [5.41, 5.74) is 1.35. The number of anilines is 1. The molecule has 0 saturated carbocycles. The minimum atomic E-state index is -4.53. The predicted octanol–water partition coefficient (Wildman–Crippen LogP) is 4.55. The molecule has 4 heterocycles. The van der Waals surface area contributed by atoms with Gasteiger partial charge in [0.1, 0.15) is 0 Å². The fraction of sp³-hybridized carbons (Fsp3) is 0.571. The molecule has 260 valence electrons. The van der Waals surface area contributed by atoms with Crippen molar-refractivity contribution < 1.29 is 32.3 Å². The van der Waals surface area contributed by atoms with Crippen LogP contribution in [-0.4, -0.2) is 127 Å². The second-order valence-electron chi connectivity index (χ2n) is 13.4.